The van der Waals surface area contributed by atoms with E-state index in [1.165, 1.54) is 0 Å². The Bertz CT molecular complexity index is 872. The van der Waals surface area contributed by atoms with Crippen molar-refractivity contribution in [3.05, 3.63) is 58.1 Å². The number of anilines is 1. The van der Waals surface area contributed by atoms with Crippen molar-refractivity contribution in [1.29, 1.82) is 0 Å². The number of carbonyl (C=O) groups is 2. The lowest BCUT2D eigenvalue weighted by atomic mass is 9.97. The van der Waals surface area contributed by atoms with Gasteiger partial charge in [-0.1, -0.05) is 15.9 Å². The lowest BCUT2D eigenvalue weighted by Gasteiger charge is -2.38. The SMILES string of the molecule is Cc1cc(Br)ccc1NC(=O)c1ccc(OCC(=O)N2C(C)CCCC2C)cc1. The van der Waals surface area contributed by atoms with Crippen LogP contribution in [0.3, 0.4) is 0 Å². The number of rotatable bonds is 5. The van der Waals surface area contributed by atoms with Gasteiger partial charge in [0.15, 0.2) is 6.61 Å². The Morgan fingerprint density at radius 2 is 1.76 bits per heavy atom. The van der Waals surface area contributed by atoms with Crippen LogP contribution in [0.4, 0.5) is 5.69 Å². The van der Waals surface area contributed by atoms with Crippen LogP contribution in [0.5, 0.6) is 5.75 Å². The van der Waals surface area contributed by atoms with E-state index >= 15 is 0 Å². The van der Waals surface area contributed by atoms with Crippen LogP contribution in [-0.4, -0.2) is 35.4 Å². The van der Waals surface area contributed by atoms with Crippen molar-refractivity contribution in [2.24, 2.45) is 0 Å². The summed E-state index contributed by atoms with van der Waals surface area (Å²) in [6, 6.07) is 13.1. The zero-order valence-corrected chi connectivity index (χ0v) is 18.7. The first-order valence-corrected chi connectivity index (χ1v) is 10.8. The van der Waals surface area contributed by atoms with Crippen molar-refractivity contribution in [3.8, 4) is 5.75 Å². The van der Waals surface area contributed by atoms with E-state index in [1.807, 2.05) is 30.0 Å². The lowest BCUT2D eigenvalue weighted by Crippen LogP contribution is -2.49. The van der Waals surface area contributed by atoms with Crippen LogP contribution >= 0.6 is 15.9 Å². The number of benzene rings is 2. The number of carbonyl (C=O) groups excluding carboxylic acids is 2. The third-order valence-electron chi connectivity index (χ3n) is 5.40. The van der Waals surface area contributed by atoms with E-state index in [0.29, 0.717) is 11.3 Å². The molecule has 2 amide bonds. The monoisotopic (exact) mass is 458 g/mol. The number of hydrogen-bond donors (Lipinski definition) is 1. The van der Waals surface area contributed by atoms with Gasteiger partial charge in [-0.25, -0.2) is 0 Å². The summed E-state index contributed by atoms with van der Waals surface area (Å²) in [5, 5.41) is 2.91. The Morgan fingerprint density at radius 3 is 2.38 bits per heavy atom. The number of halogens is 1. The molecule has 1 fully saturated rings. The third kappa shape index (κ3) is 5.38. The first-order chi connectivity index (χ1) is 13.8. The molecule has 1 heterocycles. The van der Waals surface area contributed by atoms with Crippen LogP contribution in [0.2, 0.25) is 0 Å². The van der Waals surface area contributed by atoms with Crippen molar-refractivity contribution in [2.75, 3.05) is 11.9 Å². The first kappa shape index (κ1) is 21.4. The number of amides is 2. The number of nitrogens with one attached hydrogen (secondary N) is 1. The van der Waals surface area contributed by atoms with E-state index in [9.17, 15) is 9.59 Å². The van der Waals surface area contributed by atoms with E-state index in [2.05, 4.69) is 35.1 Å². The Hall–Kier alpha value is -2.34. The second-order valence-electron chi connectivity index (χ2n) is 7.66. The molecule has 1 aliphatic heterocycles. The second-order valence-corrected chi connectivity index (χ2v) is 8.57. The standard InChI is InChI=1S/C23H27BrN2O3/c1-15-13-19(24)9-12-21(15)25-23(28)18-7-10-20(11-8-18)29-14-22(27)26-16(2)5-4-6-17(26)3/h7-13,16-17H,4-6,14H2,1-3H3,(H,25,28). The maximum atomic E-state index is 12.6. The van der Waals surface area contributed by atoms with Gasteiger partial charge in [0.1, 0.15) is 5.75 Å². The van der Waals surface area contributed by atoms with Gasteiger partial charge in [0.05, 0.1) is 0 Å². The molecule has 6 heteroatoms. The van der Waals surface area contributed by atoms with E-state index < -0.39 is 0 Å². The highest BCUT2D eigenvalue weighted by molar-refractivity contribution is 9.10. The highest BCUT2D eigenvalue weighted by Gasteiger charge is 2.28. The maximum Gasteiger partial charge on any atom is 0.260 e. The predicted molar refractivity (Wildman–Crippen MR) is 118 cm³/mol. The summed E-state index contributed by atoms with van der Waals surface area (Å²) in [6.07, 6.45) is 3.24. The van der Waals surface area contributed by atoms with Crippen molar-refractivity contribution >= 4 is 33.4 Å². The number of likely N-dealkylation sites (tertiary alicyclic amines) is 1. The molecule has 0 aromatic heterocycles. The number of ether oxygens (including phenoxy) is 1. The van der Waals surface area contributed by atoms with E-state index in [4.69, 9.17) is 4.74 Å². The summed E-state index contributed by atoms with van der Waals surface area (Å²) in [7, 11) is 0. The molecular weight excluding hydrogens is 432 g/mol. The molecule has 2 aromatic rings. The largest absolute Gasteiger partial charge is 0.484 e. The fourth-order valence-electron chi connectivity index (χ4n) is 3.80. The molecule has 0 saturated carbocycles. The van der Waals surface area contributed by atoms with Gasteiger partial charge in [-0.05, 0) is 88.1 Å². The van der Waals surface area contributed by atoms with E-state index in [1.54, 1.807) is 24.3 Å². The van der Waals surface area contributed by atoms with Gasteiger partial charge in [0.2, 0.25) is 0 Å². The fraction of sp³-hybridized carbons (Fsp3) is 0.391. The molecule has 2 aromatic carbocycles. The quantitative estimate of drug-likeness (QED) is 0.671. The van der Waals surface area contributed by atoms with Crippen molar-refractivity contribution in [2.45, 2.75) is 52.1 Å². The van der Waals surface area contributed by atoms with Gasteiger partial charge in [0.25, 0.3) is 11.8 Å². The summed E-state index contributed by atoms with van der Waals surface area (Å²) in [4.78, 5) is 27.0. The average molecular weight is 459 g/mol. The molecule has 0 bridgehead atoms. The summed E-state index contributed by atoms with van der Waals surface area (Å²) in [6.45, 7) is 6.14. The fourth-order valence-corrected chi connectivity index (χ4v) is 4.27. The zero-order chi connectivity index (χ0) is 21.0. The minimum atomic E-state index is -0.186. The Kier molecular flexibility index (Phi) is 6.96. The molecule has 2 atom stereocenters. The Balaban J connectivity index is 1.57. The molecule has 1 aliphatic rings. The van der Waals surface area contributed by atoms with Crippen LogP contribution in [0.15, 0.2) is 46.9 Å². The number of aryl methyl sites for hydroxylation is 1. The lowest BCUT2D eigenvalue weighted by molar-refractivity contribution is -0.139. The molecule has 0 spiro atoms. The molecule has 0 aliphatic carbocycles. The second kappa shape index (κ2) is 9.44. The highest BCUT2D eigenvalue weighted by atomic mass is 79.9. The molecule has 29 heavy (non-hydrogen) atoms. The molecule has 3 rings (SSSR count). The zero-order valence-electron chi connectivity index (χ0n) is 17.1. The van der Waals surface area contributed by atoms with E-state index in [0.717, 1.165) is 35.0 Å². The predicted octanol–water partition coefficient (Wildman–Crippen LogP) is 5.18. The number of nitrogens with zero attached hydrogens (tertiary/aromatic N) is 1. The summed E-state index contributed by atoms with van der Waals surface area (Å²) >= 11 is 3.42. The molecule has 154 valence electrons. The number of piperidine rings is 1. The summed E-state index contributed by atoms with van der Waals surface area (Å²) in [5.74, 6) is 0.401. The van der Waals surface area contributed by atoms with Crippen molar-refractivity contribution in [1.82, 2.24) is 4.90 Å². The average Bonchev–Trinajstić information content (AvgIpc) is 2.68. The van der Waals surface area contributed by atoms with Gasteiger partial charge in [0, 0.05) is 27.8 Å². The van der Waals surface area contributed by atoms with Crippen LogP contribution in [0.1, 0.15) is 49.0 Å². The van der Waals surface area contributed by atoms with Gasteiger partial charge in [-0.15, -0.1) is 0 Å². The van der Waals surface area contributed by atoms with Gasteiger partial charge >= 0.3 is 0 Å². The van der Waals surface area contributed by atoms with Gasteiger partial charge < -0.3 is 15.0 Å². The van der Waals surface area contributed by atoms with Crippen molar-refractivity contribution < 1.29 is 14.3 Å². The number of hydrogen-bond acceptors (Lipinski definition) is 3. The summed E-state index contributed by atoms with van der Waals surface area (Å²) in [5.41, 5.74) is 2.28. The van der Waals surface area contributed by atoms with Crippen LogP contribution < -0.4 is 10.1 Å². The minimum absolute atomic E-state index is 0.0113. The Morgan fingerprint density at radius 1 is 1.10 bits per heavy atom. The molecule has 0 radical (unpaired) electrons. The molecule has 5 nitrogen and oxygen atoms in total. The van der Waals surface area contributed by atoms with Gasteiger partial charge in [-0.2, -0.15) is 0 Å². The molecular formula is C23H27BrN2O3. The normalized spacial score (nSPS) is 19.0. The first-order valence-electron chi connectivity index (χ1n) is 9.96. The van der Waals surface area contributed by atoms with Crippen LogP contribution in [0.25, 0.3) is 0 Å². The maximum absolute atomic E-state index is 12.6. The smallest absolute Gasteiger partial charge is 0.260 e. The van der Waals surface area contributed by atoms with E-state index in [-0.39, 0.29) is 30.5 Å². The Labute approximate surface area is 180 Å². The van der Waals surface area contributed by atoms with Crippen molar-refractivity contribution in [3.63, 3.8) is 0 Å². The third-order valence-corrected chi connectivity index (χ3v) is 5.89. The highest BCUT2D eigenvalue weighted by Crippen LogP contribution is 2.23. The topological polar surface area (TPSA) is 58.6 Å². The summed E-state index contributed by atoms with van der Waals surface area (Å²) < 4.78 is 6.64. The van der Waals surface area contributed by atoms with Crippen LogP contribution in [-0.2, 0) is 4.79 Å². The molecule has 1 N–H and O–H groups in total. The molecule has 1 saturated heterocycles. The minimum Gasteiger partial charge on any atom is -0.484 e. The van der Waals surface area contributed by atoms with Gasteiger partial charge in [-0.3, -0.25) is 9.59 Å². The molecule has 2 unspecified atom stereocenters. The van der Waals surface area contributed by atoms with Crippen LogP contribution in [0, 0.1) is 6.92 Å².